The maximum atomic E-state index is 13.3. The number of amides is 2. The number of piperidine rings is 1. The number of fused-ring (bicyclic) bond motifs is 1. The van der Waals surface area contributed by atoms with Gasteiger partial charge in [-0.25, -0.2) is 9.37 Å². The van der Waals surface area contributed by atoms with E-state index in [1.54, 1.807) is 29.2 Å². The first-order valence-electron chi connectivity index (χ1n) is 10.1. The first kappa shape index (κ1) is 21.3. The summed E-state index contributed by atoms with van der Waals surface area (Å²) < 4.78 is 13.3. The third kappa shape index (κ3) is 5.03. The van der Waals surface area contributed by atoms with Crippen molar-refractivity contribution in [2.45, 2.75) is 31.4 Å². The van der Waals surface area contributed by atoms with E-state index in [9.17, 15) is 19.1 Å². The molecule has 3 heterocycles. The van der Waals surface area contributed by atoms with Gasteiger partial charge in [0.05, 0.1) is 17.8 Å². The molecule has 2 atom stereocenters. The number of aromatic nitrogens is 2. The third-order valence-electron chi connectivity index (χ3n) is 5.38. The van der Waals surface area contributed by atoms with Gasteiger partial charge < -0.3 is 20.3 Å². The lowest BCUT2D eigenvalue weighted by atomic mass is 10.0. The van der Waals surface area contributed by atoms with Gasteiger partial charge in [0.25, 0.3) is 5.91 Å². The van der Waals surface area contributed by atoms with Crippen LogP contribution in [0, 0.1) is 5.82 Å². The monoisotopic (exact) mass is 444 g/mol. The molecule has 0 aliphatic carbocycles. The van der Waals surface area contributed by atoms with Crippen LogP contribution in [0.15, 0.2) is 42.6 Å². The molecule has 0 unspecified atom stereocenters. The first-order valence-corrected chi connectivity index (χ1v) is 10.4. The van der Waals surface area contributed by atoms with Gasteiger partial charge in [-0.2, -0.15) is 0 Å². The Kier molecular flexibility index (Phi) is 6.20. The smallest absolute Gasteiger partial charge is 0.268 e. The van der Waals surface area contributed by atoms with Crippen LogP contribution in [-0.2, 0) is 11.2 Å². The van der Waals surface area contributed by atoms with Gasteiger partial charge in [0.1, 0.15) is 22.7 Å². The number of aromatic amines is 1. The highest BCUT2D eigenvalue weighted by molar-refractivity contribution is 6.30. The zero-order valence-electron chi connectivity index (χ0n) is 16.6. The number of rotatable bonds is 5. The van der Waals surface area contributed by atoms with Gasteiger partial charge in [-0.1, -0.05) is 23.7 Å². The lowest BCUT2D eigenvalue weighted by molar-refractivity contribution is -0.136. The molecule has 162 valence electrons. The summed E-state index contributed by atoms with van der Waals surface area (Å²) in [6.07, 6.45) is 2.49. The summed E-state index contributed by atoms with van der Waals surface area (Å²) in [5.41, 5.74) is 1.63. The van der Waals surface area contributed by atoms with Gasteiger partial charge in [0, 0.05) is 24.9 Å². The molecule has 4 rings (SSSR count). The Morgan fingerprint density at radius 2 is 2.10 bits per heavy atom. The van der Waals surface area contributed by atoms with Crippen molar-refractivity contribution in [2.75, 3.05) is 13.1 Å². The van der Waals surface area contributed by atoms with Crippen molar-refractivity contribution in [3.63, 3.8) is 0 Å². The summed E-state index contributed by atoms with van der Waals surface area (Å²) in [7, 11) is 0. The van der Waals surface area contributed by atoms with Crippen LogP contribution in [-0.4, -0.2) is 57.0 Å². The van der Waals surface area contributed by atoms with Crippen molar-refractivity contribution in [1.82, 2.24) is 20.2 Å². The zero-order valence-corrected chi connectivity index (χ0v) is 17.4. The van der Waals surface area contributed by atoms with Crippen molar-refractivity contribution in [3.05, 3.63) is 64.8 Å². The number of carbonyl (C=O) groups is 2. The fraction of sp³-hybridized carbons (Fsp3) is 0.318. The Bertz CT molecular complexity index is 1100. The highest BCUT2D eigenvalue weighted by atomic mass is 35.5. The second-order valence-electron chi connectivity index (χ2n) is 7.71. The number of hydrogen-bond acceptors (Lipinski definition) is 4. The van der Waals surface area contributed by atoms with E-state index in [4.69, 9.17) is 11.6 Å². The molecule has 9 heteroatoms. The van der Waals surface area contributed by atoms with Crippen LogP contribution in [0.5, 0.6) is 0 Å². The van der Waals surface area contributed by atoms with Gasteiger partial charge in [-0.3, -0.25) is 9.59 Å². The standard InChI is InChI=1S/C22H22ClFN4O3/c23-20-10-14-9-17(26-19(14)11-25-20)21(30)27-18(8-13-3-5-15(24)6-4-13)22(31)28-7-1-2-16(29)12-28/h3-6,9-11,16,18,26,29H,1-2,7-8,12H2,(H,27,30)/t16-,18-/m0/s1. The van der Waals surface area contributed by atoms with E-state index in [0.717, 1.165) is 5.39 Å². The van der Waals surface area contributed by atoms with Gasteiger partial charge >= 0.3 is 0 Å². The predicted octanol–water partition coefficient (Wildman–Crippen LogP) is 2.68. The van der Waals surface area contributed by atoms with Crippen LogP contribution in [0.3, 0.4) is 0 Å². The molecule has 1 saturated heterocycles. The van der Waals surface area contributed by atoms with Crippen molar-refractivity contribution < 1.29 is 19.1 Å². The Morgan fingerprint density at radius 1 is 1.32 bits per heavy atom. The van der Waals surface area contributed by atoms with Gasteiger partial charge in [-0.15, -0.1) is 0 Å². The SMILES string of the molecule is O=C(N[C@@H](Cc1ccc(F)cc1)C(=O)N1CCC[C@H](O)C1)c1cc2cc(Cl)ncc2[nH]1. The van der Waals surface area contributed by atoms with Crippen LogP contribution in [0.25, 0.3) is 10.9 Å². The molecule has 2 amide bonds. The summed E-state index contributed by atoms with van der Waals surface area (Å²) in [5.74, 6) is -1.11. The van der Waals surface area contributed by atoms with E-state index < -0.39 is 18.1 Å². The van der Waals surface area contributed by atoms with Crippen molar-refractivity contribution in [2.24, 2.45) is 0 Å². The summed E-state index contributed by atoms with van der Waals surface area (Å²) >= 11 is 5.91. The summed E-state index contributed by atoms with van der Waals surface area (Å²) in [4.78, 5) is 34.6. The van der Waals surface area contributed by atoms with Crippen LogP contribution >= 0.6 is 11.6 Å². The minimum absolute atomic E-state index is 0.199. The summed E-state index contributed by atoms with van der Waals surface area (Å²) in [6, 6.07) is 8.22. The number of halogens is 2. The molecule has 3 aromatic rings. The molecule has 31 heavy (non-hydrogen) atoms. The number of aliphatic hydroxyl groups is 1. The van der Waals surface area contributed by atoms with Crippen LogP contribution in [0.4, 0.5) is 4.39 Å². The number of H-pyrrole nitrogens is 1. The first-order chi connectivity index (χ1) is 14.9. The van der Waals surface area contributed by atoms with Crippen LogP contribution in [0.2, 0.25) is 5.15 Å². The fourth-order valence-electron chi connectivity index (χ4n) is 3.79. The normalized spacial score (nSPS) is 17.5. The van der Waals surface area contributed by atoms with E-state index in [1.165, 1.54) is 18.3 Å². The van der Waals surface area contributed by atoms with E-state index in [0.29, 0.717) is 35.6 Å². The quantitative estimate of drug-likeness (QED) is 0.527. The second-order valence-corrected chi connectivity index (χ2v) is 8.10. The van der Waals surface area contributed by atoms with Crippen molar-refractivity contribution in [3.8, 4) is 0 Å². The van der Waals surface area contributed by atoms with Gasteiger partial charge in [0.2, 0.25) is 5.91 Å². The summed E-state index contributed by atoms with van der Waals surface area (Å²) in [6.45, 7) is 0.743. The molecule has 0 spiro atoms. The van der Waals surface area contributed by atoms with Gasteiger partial charge in [-0.05, 0) is 42.7 Å². The van der Waals surface area contributed by atoms with E-state index >= 15 is 0 Å². The molecule has 0 radical (unpaired) electrons. The number of nitrogens with one attached hydrogen (secondary N) is 2. The topological polar surface area (TPSA) is 98.3 Å². The molecule has 7 nitrogen and oxygen atoms in total. The zero-order chi connectivity index (χ0) is 22.0. The number of aliphatic hydroxyl groups excluding tert-OH is 1. The number of hydrogen-bond donors (Lipinski definition) is 3. The average molecular weight is 445 g/mol. The highest BCUT2D eigenvalue weighted by Crippen LogP contribution is 2.19. The lowest BCUT2D eigenvalue weighted by Gasteiger charge is -2.33. The molecule has 1 aromatic carbocycles. The second kappa shape index (κ2) is 9.03. The summed E-state index contributed by atoms with van der Waals surface area (Å²) in [5, 5.41) is 13.8. The Labute approximate surface area is 183 Å². The van der Waals surface area contributed by atoms with Crippen LogP contribution in [0.1, 0.15) is 28.9 Å². The molecule has 0 bridgehead atoms. The minimum Gasteiger partial charge on any atom is -0.391 e. The van der Waals surface area contributed by atoms with E-state index in [-0.39, 0.29) is 30.4 Å². The Balaban J connectivity index is 1.56. The predicted molar refractivity (Wildman–Crippen MR) is 114 cm³/mol. The number of carbonyl (C=O) groups excluding carboxylic acids is 2. The molecule has 1 aliphatic rings. The molecule has 3 N–H and O–H groups in total. The average Bonchev–Trinajstić information content (AvgIpc) is 3.17. The maximum absolute atomic E-state index is 13.3. The highest BCUT2D eigenvalue weighted by Gasteiger charge is 2.30. The fourth-order valence-corrected chi connectivity index (χ4v) is 3.96. The Hall–Kier alpha value is -2.97. The third-order valence-corrected chi connectivity index (χ3v) is 5.59. The molecule has 1 aliphatic heterocycles. The molecule has 1 fully saturated rings. The van der Waals surface area contributed by atoms with E-state index in [1.807, 2.05) is 0 Å². The number of benzene rings is 1. The molecular weight excluding hydrogens is 423 g/mol. The molecular formula is C22H22ClFN4O3. The van der Waals surface area contributed by atoms with Crippen molar-refractivity contribution in [1.29, 1.82) is 0 Å². The number of β-amino-alcohol motifs (C(OH)–C–C–N with tert-alkyl or cyclic N) is 1. The number of nitrogens with zero attached hydrogens (tertiary/aromatic N) is 2. The van der Waals surface area contributed by atoms with Crippen molar-refractivity contribution >= 4 is 34.3 Å². The lowest BCUT2D eigenvalue weighted by Crippen LogP contribution is -2.53. The molecule has 0 saturated carbocycles. The van der Waals surface area contributed by atoms with E-state index in [2.05, 4.69) is 15.3 Å². The minimum atomic E-state index is -0.864. The largest absolute Gasteiger partial charge is 0.391 e. The maximum Gasteiger partial charge on any atom is 0.268 e. The Morgan fingerprint density at radius 3 is 2.84 bits per heavy atom. The number of pyridine rings is 1. The molecule has 2 aromatic heterocycles. The number of likely N-dealkylation sites (tertiary alicyclic amines) is 1. The van der Waals surface area contributed by atoms with Crippen LogP contribution < -0.4 is 5.32 Å². The van der Waals surface area contributed by atoms with Gasteiger partial charge in [0.15, 0.2) is 0 Å².